The van der Waals surface area contributed by atoms with E-state index < -0.39 is 0 Å². The molecule has 1 aliphatic rings. The molecule has 6 heteroatoms. The van der Waals surface area contributed by atoms with E-state index in [2.05, 4.69) is 40.5 Å². The van der Waals surface area contributed by atoms with Gasteiger partial charge in [0.25, 0.3) is 0 Å². The number of rotatable bonds is 10. The van der Waals surface area contributed by atoms with Crippen LogP contribution >= 0.6 is 0 Å². The number of hydrogen-bond donors (Lipinski definition) is 1. The van der Waals surface area contributed by atoms with Crippen LogP contribution in [0.4, 0.5) is 0 Å². The predicted octanol–water partition coefficient (Wildman–Crippen LogP) is 3.67. The molecule has 2 aromatic rings. The van der Waals surface area contributed by atoms with Gasteiger partial charge < -0.3 is 19.5 Å². The fraction of sp³-hybridized carbons (Fsp3) is 0.480. The number of amides is 1. The summed E-state index contributed by atoms with van der Waals surface area (Å²) in [6.45, 7) is 3.87. The van der Waals surface area contributed by atoms with Gasteiger partial charge in [0.15, 0.2) is 11.5 Å². The van der Waals surface area contributed by atoms with E-state index >= 15 is 0 Å². The van der Waals surface area contributed by atoms with Gasteiger partial charge in [0.2, 0.25) is 11.7 Å². The van der Waals surface area contributed by atoms with Gasteiger partial charge in [-0.2, -0.15) is 0 Å². The van der Waals surface area contributed by atoms with Crippen molar-refractivity contribution < 1.29 is 19.0 Å². The Morgan fingerprint density at radius 1 is 1.03 bits per heavy atom. The molecule has 0 aromatic heterocycles. The molecule has 1 aliphatic heterocycles. The average Bonchev–Trinajstić information content (AvgIpc) is 2.81. The molecule has 1 N–H and O–H groups in total. The van der Waals surface area contributed by atoms with Crippen molar-refractivity contribution in [3.63, 3.8) is 0 Å². The SMILES string of the molecule is COc1cc(CCC(=O)NCC2CCCN(Cc3ccccc3)C2)cc(OC)c1OC. The number of piperidine rings is 1. The van der Waals surface area contributed by atoms with Gasteiger partial charge in [-0.15, -0.1) is 0 Å². The quantitative estimate of drug-likeness (QED) is 0.628. The Balaban J connectivity index is 1.46. The van der Waals surface area contributed by atoms with E-state index in [0.717, 1.165) is 31.7 Å². The minimum absolute atomic E-state index is 0.0777. The minimum atomic E-state index is 0.0777. The highest BCUT2D eigenvalue weighted by atomic mass is 16.5. The number of nitrogens with one attached hydrogen (secondary N) is 1. The molecule has 0 bridgehead atoms. The van der Waals surface area contributed by atoms with E-state index in [1.165, 1.54) is 18.4 Å². The lowest BCUT2D eigenvalue weighted by molar-refractivity contribution is -0.121. The first-order valence-electron chi connectivity index (χ1n) is 10.9. The summed E-state index contributed by atoms with van der Waals surface area (Å²) in [5.41, 5.74) is 2.33. The third-order valence-corrected chi connectivity index (χ3v) is 5.81. The smallest absolute Gasteiger partial charge is 0.220 e. The summed E-state index contributed by atoms with van der Waals surface area (Å²) in [5, 5.41) is 3.13. The van der Waals surface area contributed by atoms with Gasteiger partial charge in [0.1, 0.15) is 0 Å². The van der Waals surface area contributed by atoms with Gasteiger partial charge in [-0.05, 0) is 55.0 Å². The first-order chi connectivity index (χ1) is 15.1. The standard InChI is InChI=1S/C25H34N2O4/c1-29-22-14-20(15-23(30-2)25(22)31-3)11-12-24(28)26-16-21-10-7-13-27(18-21)17-19-8-5-4-6-9-19/h4-6,8-9,14-15,21H,7,10-13,16-18H2,1-3H3,(H,26,28). The summed E-state index contributed by atoms with van der Waals surface area (Å²) in [5.74, 6) is 2.36. The van der Waals surface area contributed by atoms with Gasteiger partial charge in [0, 0.05) is 26.1 Å². The average molecular weight is 427 g/mol. The fourth-order valence-electron chi connectivity index (χ4n) is 4.19. The summed E-state index contributed by atoms with van der Waals surface area (Å²) < 4.78 is 16.1. The number of benzene rings is 2. The van der Waals surface area contributed by atoms with Gasteiger partial charge >= 0.3 is 0 Å². The number of nitrogens with zero attached hydrogens (tertiary/aromatic N) is 1. The number of likely N-dealkylation sites (tertiary alicyclic amines) is 1. The molecule has 1 unspecified atom stereocenters. The molecule has 1 fully saturated rings. The Labute approximate surface area is 185 Å². The maximum absolute atomic E-state index is 12.5. The summed E-state index contributed by atoms with van der Waals surface area (Å²) in [6.07, 6.45) is 3.39. The molecule has 1 saturated heterocycles. The molecule has 1 heterocycles. The van der Waals surface area contributed by atoms with Gasteiger partial charge in [-0.25, -0.2) is 0 Å². The van der Waals surface area contributed by atoms with Crippen molar-refractivity contribution in [3.8, 4) is 17.2 Å². The lowest BCUT2D eigenvalue weighted by Crippen LogP contribution is -2.40. The molecule has 1 atom stereocenters. The Kier molecular flexibility index (Phi) is 8.59. The van der Waals surface area contributed by atoms with E-state index in [9.17, 15) is 4.79 Å². The highest BCUT2D eigenvalue weighted by Gasteiger charge is 2.20. The van der Waals surface area contributed by atoms with Crippen LogP contribution in [0.25, 0.3) is 0 Å². The molecule has 0 aliphatic carbocycles. The third kappa shape index (κ3) is 6.62. The van der Waals surface area contributed by atoms with E-state index in [1.54, 1.807) is 21.3 Å². The second-order valence-corrected chi connectivity index (χ2v) is 8.07. The second kappa shape index (κ2) is 11.6. The molecule has 0 spiro atoms. The molecular formula is C25H34N2O4. The van der Waals surface area contributed by atoms with Crippen LogP contribution < -0.4 is 19.5 Å². The molecule has 6 nitrogen and oxygen atoms in total. The van der Waals surface area contributed by atoms with Crippen LogP contribution in [0.15, 0.2) is 42.5 Å². The summed E-state index contributed by atoms with van der Waals surface area (Å²) >= 11 is 0. The monoisotopic (exact) mass is 426 g/mol. The van der Waals surface area contributed by atoms with Crippen LogP contribution in [0, 0.1) is 5.92 Å². The zero-order valence-electron chi connectivity index (χ0n) is 18.9. The highest BCUT2D eigenvalue weighted by Crippen LogP contribution is 2.38. The number of carbonyl (C=O) groups is 1. The van der Waals surface area contributed by atoms with Crippen molar-refractivity contribution in [3.05, 3.63) is 53.6 Å². The molecule has 1 amide bonds. The fourth-order valence-corrected chi connectivity index (χ4v) is 4.19. The van der Waals surface area contributed by atoms with Crippen molar-refractivity contribution >= 4 is 5.91 Å². The third-order valence-electron chi connectivity index (χ3n) is 5.81. The number of aryl methyl sites for hydroxylation is 1. The Morgan fingerprint density at radius 2 is 1.74 bits per heavy atom. The van der Waals surface area contributed by atoms with Crippen LogP contribution in [0.3, 0.4) is 0 Å². The number of methoxy groups -OCH3 is 3. The van der Waals surface area contributed by atoms with E-state index in [1.807, 2.05) is 12.1 Å². The van der Waals surface area contributed by atoms with Gasteiger partial charge in [-0.3, -0.25) is 9.69 Å². The van der Waals surface area contributed by atoms with E-state index in [0.29, 0.717) is 36.0 Å². The first-order valence-corrected chi connectivity index (χ1v) is 10.9. The number of hydrogen-bond acceptors (Lipinski definition) is 5. The lowest BCUT2D eigenvalue weighted by Gasteiger charge is -2.32. The molecule has 31 heavy (non-hydrogen) atoms. The van der Waals surface area contributed by atoms with Crippen molar-refractivity contribution in [2.45, 2.75) is 32.2 Å². The lowest BCUT2D eigenvalue weighted by atomic mass is 9.97. The van der Waals surface area contributed by atoms with Gasteiger partial charge in [-0.1, -0.05) is 30.3 Å². The normalized spacial score (nSPS) is 16.5. The molecule has 3 rings (SSSR count). The van der Waals surface area contributed by atoms with Crippen LogP contribution in [0.1, 0.15) is 30.4 Å². The zero-order chi connectivity index (χ0) is 22.1. The van der Waals surface area contributed by atoms with Gasteiger partial charge in [0.05, 0.1) is 21.3 Å². The van der Waals surface area contributed by atoms with Crippen molar-refractivity contribution in [1.82, 2.24) is 10.2 Å². The first kappa shape index (κ1) is 22.9. The maximum atomic E-state index is 12.5. The molecular weight excluding hydrogens is 392 g/mol. The number of carbonyl (C=O) groups excluding carboxylic acids is 1. The predicted molar refractivity (Wildman–Crippen MR) is 122 cm³/mol. The van der Waals surface area contributed by atoms with Crippen molar-refractivity contribution in [2.75, 3.05) is 41.0 Å². The molecule has 0 radical (unpaired) electrons. The summed E-state index contributed by atoms with van der Waals surface area (Å²) in [7, 11) is 4.78. The van der Waals surface area contributed by atoms with Crippen molar-refractivity contribution in [1.29, 1.82) is 0 Å². The van der Waals surface area contributed by atoms with Crippen LogP contribution in [0.5, 0.6) is 17.2 Å². The Morgan fingerprint density at radius 3 is 2.39 bits per heavy atom. The minimum Gasteiger partial charge on any atom is -0.493 e. The second-order valence-electron chi connectivity index (χ2n) is 8.07. The zero-order valence-corrected chi connectivity index (χ0v) is 18.9. The van der Waals surface area contributed by atoms with Crippen LogP contribution in [0.2, 0.25) is 0 Å². The Bertz CT molecular complexity index is 816. The highest BCUT2D eigenvalue weighted by molar-refractivity contribution is 5.76. The largest absolute Gasteiger partial charge is 0.493 e. The van der Waals surface area contributed by atoms with Crippen molar-refractivity contribution in [2.24, 2.45) is 5.92 Å². The summed E-state index contributed by atoms with van der Waals surface area (Å²) in [6, 6.07) is 14.4. The topological polar surface area (TPSA) is 60.0 Å². The van der Waals surface area contributed by atoms with E-state index in [-0.39, 0.29) is 5.91 Å². The van der Waals surface area contributed by atoms with Crippen LogP contribution in [-0.4, -0.2) is 51.8 Å². The van der Waals surface area contributed by atoms with E-state index in [4.69, 9.17) is 14.2 Å². The molecule has 2 aromatic carbocycles. The Hall–Kier alpha value is -2.73. The van der Waals surface area contributed by atoms with Crippen LogP contribution in [-0.2, 0) is 17.8 Å². The maximum Gasteiger partial charge on any atom is 0.220 e. The molecule has 0 saturated carbocycles. The molecule has 168 valence electrons. The summed E-state index contributed by atoms with van der Waals surface area (Å²) in [4.78, 5) is 14.9. The number of ether oxygens (including phenoxy) is 3.